The van der Waals surface area contributed by atoms with Crippen LogP contribution in [0.5, 0.6) is 0 Å². The first kappa shape index (κ1) is 13.1. The van der Waals surface area contributed by atoms with Crippen LogP contribution in [0, 0.1) is 5.92 Å². The second-order valence-corrected chi connectivity index (χ2v) is 5.32. The van der Waals surface area contributed by atoms with Crippen molar-refractivity contribution in [2.75, 3.05) is 5.32 Å². The van der Waals surface area contributed by atoms with E-state index in [1.54, 1.807) is 12.4 Å². The van der Waals surface area contributed by atoms with E-state index in [1.165, 1.54) is 0 Å². The molecule has 2 aromatic rings. The van der Waals surface area contributed by atoms with Crippen molar-refractivity contribution in [3.05, 3.63) is 41.4 Å². The molecule has 96 valence electrons. The van der Waals surface area contributed by atoms with Gasteiger partial charge >= 0.3 is 0 Å². The lowest BCUT2D eigenvalue weighted by molar-refractivity contribution is 0.437. The molecule has 0 radical (unpaired) electrons. The molecule has 0 aliphatic rings. The number of anilines is 1. The van der Waals surface area contributed by atoms with E-state index in [0.717, 1.165) is 16.8 Å². The third-order valence-electron chi connectivity index (χ3n) is 2.85. The Balaban J connectivity index is 2.09. The molecule has 0 saturated heterocycles. The van der Waals surface area contributed by atoms with Gasteiger partial charge in [-0.05, 0) is 40.0 Å². The summed E-state index contributed by atoms with van der Waals surface area (Å²) >= 11 is 3.46. The van der Waals surface area contributed by atoms with Crippen molar-refractivity contribution in [3.8, 4) is 0 Å². The highest BCUT2D eigenvalue weighted by Gasteiger charge is 2.15. The maximum absolute atomic E-state index is 4.25. The summed E-state index contributed by atoms with van der Waals surface area (Å²) in [6.45, 7) is 5.24. The zero-order chi connectivity index (χ0) is 13.0. The van der Waals surface area contributed by atoms with Gasteiger partial charge < -0.3 is 5.32 Å². The summed E-state index contributed by atoms with van der Waals surface area (Å²) in [5.41, 5.74) is 1.02. The molecule has 0 aliphatic heterocycles. The van der Waals surface area contributed by atoms with E-state index in [1.807, 2.05) is 29.1 Å². The van der Waals surface area contributed by atoms with E-state index >= 15 is 0 Å². The van der Waals surface area contributed by atoms with Crippen LogP contribution in [0.4, 0.5) is 5.69 Å². The highest BCUT2D eigenvalue weighted by molar-refractivity contribution is 9.10. The topological polar surface area (TPSA) is 42.7 Å². The largest absolute Gasteiger partial charge is 0.378 e. The number of pyridine rings is 1. The molecule has 0 aliphatic carbocycles. The van der Waals surface area contributed by atoms with Crippen LogP contribution in [-0.4, -0.2) is 20.8 Å². The lowest BCUT2D eigenvalue weighted by Gasteiger charge is -2.23. The smallest absolute Gasteiger partial charge is 0.129 e. The minimum atomic E-state index is 0.311. The molecule has 0 aromatic carbocycles. The van der Waals surface area contributed by atoms with Gasteiger partial charge in [0.15, 0.2) is 0 Å². The number of nitrogens with one attached hydrogen (secondary N) is 1. The summed E-state index contributed by atoms with van der Waals surface area (Å²) in [5.74, 6) is 0.501. The van der Waals surface area contributed by atoms with Gasteiger partial charge in [0, 0.05) is 24.6 Å². The van der Waals surface area contributed by atoms with E-state index in [2.05, 4.69) is 45.2 Å². The Labute approximate surface area is 116 Å². The molecule has 1 N–H and O–H groups in total. The Kier molecular flexibility index (Phi) is 4.36. The highest BCUT2D eigenvalue weighted by atomic mass is 79.9. The number of nitrogens with zero attached hydrogens (tertiary/aromatic N) is 3. The second kappa shape index (κ2) is 6.00. The standard InChI is InChI=1S/C13H17BrN4/c1-10(2)12(9-18-8-4-7-16-18)17-11-5-3-6-15-13(11)14/h3-8,10,12,17H,9H2,1-2H3. The van der Waals surface area contributed by atoms with Gasteiger partial charge in [0.05, 0.1) is 12.2 Å². The third kappa shape index (κ3) is 3.32. The molecule has 2 aromatic heterocycles. The fourth-order valence-electron chi connectivity index (χ4n) is 1.73. The average molecular weight is 309 g/mol. The molecule has 0 saturated carbocycles. The van der Waals surface area contributed by atoms with Gasteiger partial charge in [0.2, 0.25) is 0 Å². The molecule has 1 unspecified atom stereocenters. The fourth-order valence-corrected chi connectivity index (χ4v) is 2.09. The predicted molar refractivity (Wildman–Crippen MR) is 76.4 cm³/mol. The summed E-state index contributed by atoms with van der Waals surface area (Å²) in [7, 11) is 0. The van der Waals surface area contributed by atoms with E-state index < -0.39 is 0 Å². The molecule has 0 fully saturated rings. The number of aromatic nitrogens is 3. The van der Waals surface area contributed by atoms with Crippen LogP contribution in [0.1, 0.15) is 13.8 Å². The minimum absolute atomic E-state index is 0.311. The maximum atomic E-state index is 4.25. The number of rotatable bonds is 5. The SMILES string of the molecule is CC(C)C(Cn1cccn1)Nc1cccnc1Br. The number of hydrogen-bond donors (Lipinski definition) is 1. The van der Waals surface area contributed by atoms with Gasteiger partial charge in [0.1, 0.15) is 4.60 Å². The summed E-state index contributed by atoms with van der Waals surface area (Å²) < 4.78 is 2.79. The van der Waals surface area contributed by atoms with Crippen molar-refractivity contribution in [2.24, 2.45) is 5.92 Å². The summed E-state index contributed by atoms with van der Waals surface area (Å²) in [6, 6.07) is 6.20. The molecular weight excluding hydrogens is 292 g/mol. The second-order valence-electron chi connectivity index (χ2n) is 4.56. The molecule has 0 spiro atoms. The quantitative estimate of drug-likeness (QED) is 0.863. The highest BCUT2D eigenvalue weighted by Crippen LogP contribution is 2.21. The normalized spacial score (nSPS) is 12.7. The molecule has 4 nitrogen and oxygen atoms in total. The van der Waals surface area contributed by atoms with Crippen LogP contribution in [0.3, 0.4) is 0 Å². The third-order valence-corrected chi connectivity index (χ3v) is 3.48. The molecule has 2 heterocycles. The van der Waals surface area contributed by atoms with Crippen LogP contribution < -0.4 is 5.32 Å². The van der Waals surface area contributed by atoms with Crippen molar-refractivity contribution in [2.45, 2.75) is 26.4 Å². The van der Waals surface area contributed by atoms with Crippen molar-refractivity contribution >= 4 is 21.6 Å². The molecule has 0 amide bonds. The predicted octanol–water partition coefficient (Wildman–Crippen LogP) is 3.18. The van der Waals surface area contributed by atoms with Crippen LogP contribution in [0.15, 0.2) is 41.4 Å². The Morgan fingerprint density at radius 1 is 1.33 bits per heavy atom. The van der Waals surface area contributed by atoms with Gasteiger partial charge in [-0.25, -0.2) is 4.98 Å². The summed E-state index contributed by atoms with van der Waals surface area (Å²) in [5, 5.41) is 7.77. The van der Waals surface area contributed by atoms with Crippen LogP contribution in [0.2, 0.25) is 0 Å². The fraction of sp³-hybridized carbons (Fsp3) is 0.385. The minimum Gasteiger partial charge on any atom is -0.378 e. The molecule has 2 rings (SSSR count). The Morgan fingerprint density at radius 3 is 2.78 bits per heavy atom. The van der Waals surface area contributed by atoms with Crippen molar-refractivity contribution in [1.82, 2.24) is 14.8 Å². The lowest BCUT2D eigenvalue weighted by atomic mass is 10.0. The molecule has 5 heteroatoms. The van der Waals surface area contributed by atoms with Crippen LogP contribution in [-0.2, 0) is 6.54 Å². The van der Waals surface area contributed by atoms with E-state index in [4.69, 9.17) is 0 Å². The van der Waals surface area contributed by atoms with E-state index in [0.29, 0.717) is 12.0 Å². The van der Waals surface area contributed by atoms with Crippen molar-refractivity contribution in [1.29, 1.82) is 0 Å². The first-order valence-corrected chi connectivity index (χ1v) is 6.80. The van der Waals surface area contributed by atoms with Crippen LogP contribution >= 0.6 is 15.9 Å². The monoisotopic (exact) mass is 308 g/mol. The average Bonchev–Trinajstić information content (AvgIpc) is 2.83. The Morgan fingerprint density at radius 2 is 2.17 bits per heavy atom. The van der Waals surface area contributed by atoms with E-state index in [-0.39, 0.29) is 0 Å². The number of hydrogen-bond acceptors (Lipinski definition) is 3. The Bertz CT molecular complexity index is 481. The number of halogens is 1. The van der Waals surface area contributed by atoms with E-state index in [9.17, 15) is 0 Å². The van der Waals surface area contributed by atoms with Crippen molar-refractivity contribution < 1.29 is 0 Å². The van der Waals surface area contributed by atoms with Gasteiger partial charge in [-0.1, -0.05) is 13.8 Å². The van der Waals surface area contributed by atoms with Gasteiger partial charge in [-0.15, -0.1) is 0 Å². The van der Waals surface area contributed by atoms with Gasteiger partial charge in [-0.3, -0.25) is 4.68 Å². The Hall–Kier alpha value is -1.36. The first-order valence-electron chi connectivity index (χ1n) is 6.01. The molecular formula is C13H17BrN4. The summed E-state index contributed by atoms with van der Waals surface area (Å²) in [4.78, 5) is 4.22. The van der Waals surface area contributed by atoms with Crippen LogP contribution in [0.25, 0.3) is 0 Å². The summed E-state index contributed by atoms with van der Waals surface area (Å²) in [6.07, 6.45) is 5.56. The zero-order valence-corrected chi connectivity index (χ0v) is 12.1. The molecule has 1 atom stereocenters. The first-order chi connectivity index (χ1) is 8.66. The molecule has 18 heavy (non-hydrogen) atoms. The maximum Gasteiger partial charge on any atom is 0.129 e. The van der Waals surface area contributed by atoms with Gasteiger partial charge in [-0.2, -0.15) is 5.10 Å². The van der Waals surface area contributed by atoms with Crippen molar-refractivity contribution in [3.63, 3.8) is 0 Å². The van der Waals surface area contributed by atoms with Gasteiger partial charge in [0.25, 0.3) is 0 Å². The zero-order valence-electron chi connectivity index (χ0n) is 10.5. The lowest BCUT2D eigenvalue weighted by Crippen LogP contribution is -2.31. The molecule has 0 bridgehead atoms.